The summed E-state index contributed by atoms with van der Waals surface area (Å²) in [6, 6.07) is 0.222. The van der Waals surface area contributed by atoms with Crippen molar-refractivity contribution in [1.29, 1.82) is 0 Å². The number of thioether (sulfide) groups is 1. The van der Waals surface area contributed by atoms with Gasteiger partial charge in [0.25, 0.3) is 0 Å². The predicted octanol–water partition coefficient (Wildman–Crippen LogP) is 1.81. The highest BCUT2D eigenvalue weighted by atomic mass is 32.2. The Balaban J connectivity index is 2.09. The molecule has 1 fully saturated rings. The van der Waals surface area contributed by atoms with Crippen LogP contribution in [0.15, 0.2) is 0 Å². The monoisotopic (exact) mass is 231 g/mol. The lowest BCUT2D eigenvalue weighted by molar-refractivity contribution is -0.141. The molecule has 88 valence electrons. The maximum Gasteiger partial charge on any atom is 0.307 e. The Kier molecular flexibility index (Phi) is 6.10. The topological polar surface area (TPSA) is 38.3 Å². The molecular weight excluding hydrogens is 210 g/mol. The van der Waals surface area contributed by atoms with Gasteiger partial charge in [0.05, 0.1) is 13.5 Å². The van der Waals surface area contributed by atoms with Crippen molar-refractivity contribution in [2.75, 3.05) is 19.4 Å². The zero-order valence-electron chi connectivity index (χ0n) is 9.62. The van der Waals surface area contributed by atoms with Gasteiger partial charge in [-0.3, -0.25) is 4.79 Å². The fourth-order valence-electron chi connectivity index (χ4n) is 1.71. The van der Waals surface area contributed by atoms with E-state index in [0.717, 1.165) is 11.8 Å². The van der Waals surface area contributed by atoms with Crippen molar-refractivity contribution in [3.8, 4) is 0 Å². The molecule has 0 aromatic rings. The predicted molar refractivity (Wildman–Crippen MR) is 64.2 cm³/mol. The summed E-state index contributed by atoms with van der Waals surface area (Å²) in [5.41, 5.74) is 0. The second kappa shape index (κ2) is 7.12. The van der Waals surface area contributed by atoms with E-state index in [1.54, 1.807) is 0 Å². The summed E-state index contributed by atoms with van der Waals surface area (Å²) in [5.74, 6) is 1.16. The molecule has 1 rings (SSSR count). The summed E-state index contributed by atoms with van der Waals surface area (Å²) in [4.78, 5) is 11.0. The minimum Gasteiger partial charge on any atom is -0.469 e. The molecule has 4 heteroatoms. The Morgan fingerprint density at radius 3 is 3.00 bits per heavy atom. The number of ether oxygens (including phenoxy) is 1. The van der Waals surface area contributed by atoms with Crippen molar-refractivity contribution in [1.82, 2.24) is 5.32 Å². The van der Waals surface area contributed by atoms with Crippen molar-refractivity contribution in [2.24, 2.45) is 0 Å². The first-order valence-electron chi connectivity index (χ1n) is 5.64. The molecule has 1 aliphatic heterocycles. The van der Waals surface area contributed by atoms with Crippen LogP contribution in [0.1, 0.15) is 32.6 Å². The molecule has 2 atom stereocenters. The Hall–Kier alpha value is -0.220. The van der Waals surface area contributed by atoms with Gasteiger partial charge in [-0.1, -0.05) is 6.42 Å². The first kappa shape index (κ1) is 12.8. The van der Waals surface area contributed by atoms with Crippen LogP contribution in [0.2, 0.25) is 0 Å². The number of nitrogens with one attached hydrogen (secondary N) is 1. The molecule has 0 radical (unpaired) electrons. The summed E-state index contributed by atoms with van der Waals surface area (Å²) < 4.78 is 4.63. The van der Waals surface area contributed by atoms with Gasteiger partial charge in [-0.25, -0.2) is 0 Å². The lowest BCUT2D eigenvalue weighted by Crippen LogP contribution is -2.35. The second-order valence-corrected chi connectivity index (χ2v) is 5.49. The maximum atomic E-state index is 11.0. The van der Waals surface area contributed by atoms with E-state index in [1.807, 2.05) is 6.92 Å². The molecule has 0 spiro atoms. The van der Waals surface area contributed by atoms with Crippen LogP contribution in [-0.2, 0) is 9.53 Å². The minimum atomic E-state index is -0.133. The van der Waals surface area contributed by atoms with E-state index in [-0.39, 0.29) is 12.0 Å². The number of rotatable bonds is 5. The van der Waals surface area contributed by atoms with Gasteiger partial charge in [0.1, 0.15) is 0 Å². The van der Waals surface area contributed by atoms with Crippen LogP contribution in [0, 0.1) is 0 Å². The Morgan fingerprint density at radius 2 is 2.40 bits per heavy atom. The van der Waals surface area contributed by atoms with Crippen LogP contribution < -0.4 is 5.32 Å². The van der Waals surface area contributed by atoms with Gasteiger partial charge in [0.2, 0.25) is 0 Å². The van der Waals surface area contributed by atoms with Crippen LogP contribution >= 0.6 is 11.8 Å². The van der Waals surface area contributed by atoms with Gasteiger partial charge in [0, 0.05) is 17.8 Å². The fourth-order valence-corrected chi connectivity index (χ4v) is 2.96. The number of carbonyl (C=O) groups is 1. The zero-order chi connectivity index (χ0) is 11.1. The van der Waals surface area contributed by atoms with E-state index in [1.165, 1.54) is 32.1 Å². The number of hydrogen-bond donors (Lipinski definition) is 1. The molecule has 1 heterocycles. The number of carbonyl (C=O) groups excluding carboxylic acids is 1. The average Bonchev–Trinajstić information content (AvgIpc) is 2.27. The lowest BCUT2D eigenvalue weighted by atomic mass is 10.1. The van der Waals surface area contributed by atoms with Crippen molar-refractivity contribution in [3.05, 3.63) is 0 Å². The fraction of sp³-hybridized carbons (Fsp3) is 0.909. The van der Waals surface area contributed by atoms with Crippen molar-refractivity contribution >= 4 is 17.7 Å². The molecule has 0 bridgehead atoms. The lowest BCUT2D eigenvalue weighted by Gasteiger charge is -2.23. The highest BCUT2D eigenvalue weighted by molar-refractivity contribution is 7.99. The van der Waals surface area contributed by atoms with Gasteiger partial charge in [-0.2, -0.15) is 11.8 Å². The van der Waals surface area contributed by atoms with Crippen LogP contribution in [0.25, 0.3) is 0 Å². The van der Waals surface area contributed by atoms with Gasteiger partial charge >= 0.3 is 5.97 Å². The SMILES string of the molecule is COC(=O)CC(C)NCC1CCCCS1. The van der Waals surface area contributed by atoms with Crippen LogP contribution in [0.5, 0.6) is 0 Å². The molecule has 15 heavy (non-hydrogen) atoms. The Bertz CT molecular complexity index is 193. The van der Waals surface area contributed by atoms with E-state index >= 15 is 0 Å². The first-order chi connectivity index (χ1) is 7.22. The highest BCUT2D eigenvalue weighted by Crippen LogP contribution is 2.24. The normalized spacial score (nSPS) is 23.5. The maximum absolute atomic E-state index is 11.0. The molecule has 1 N–H and O–H groups in total. The summed E-state index contributed by atoms with van der Waals surface area (Å²) >= 11 is 2.05. The molecule has 0 aromatic carbocycles. The molecule has 0 aliphatic carbocycles. The zero-order valence-corrected chi connectivity index (χ0v) is 10.4. The summed E-state index contributed by atoms with van der Waals surface area (Å²) in [5, 5.41) is 4.13. The van der Waals surface area contributed by atoms with Crippen molar-refractivity contribution in [3.63, 3.8) is 0 Å². The molecule has 0 saturated carbocycles. The van der Waals surface area contributed by atoms with E-state index in [9.17, 15) is 4.79 Å². The third-order valence-electron chi connectivity index (χ3n) is 2.67. The number of esters is 1. The Labute approximate surface area is 96.3 Å². The quantitative estimate of drug-likeness (QED) is 0.732. The first-order valence-corrected chi connectivity index (χ1v) is 6.69. The molecular formula is C11H21NO2S. The Morgan fingerprint density at radius 1 is 1.60 bits per heavy atom. The summed E-state index contributed by atoms with van der Waals surface area (Å²) in [6.45, 7) is 3.05. The third-order valence-corrected chi connectivity index (χ3v) is 4.07. The third kappa shape index (κ3) is 5.42. The standard InChI is InChI=1S/C11H21NO2S/c1-9(7-11(13)14-2)12-8-10-5-3-4-6-15-10/h9-10,12H,3-8H2,1-2H3. The van der Waals surface area contributed by atoms with Gasteiger partial charge in [0.15, 0.2) is 0 Å². The molecule has 3 nitrogen and oxygen atoms in total. The van der Waals surface area contributed by atoms with E-state index in [2.05, 4.69) is 21.8 Å². The van der Waals surface area contributed by atoms with Gasteiger partial charge < -0.3 is 10.1 Å². The average molecular weight is 231 g/mol. The minimum absolute atomic E-state index is 0.133. The van der Waals surface area contributed by atoms with E-state index < -0.39 is 0 Å². The van der Waals surface area contributed by atoms with Crippen LogP contribution in [0.3, 0.4) is 0 Å². The van der Waals surface area contributed by atoms with Gasteiger partial charge in [-0.15, -0.1) is 0 Å². The van der Waals surface area contributed by atoms with E-state index in [4.69, 9.17) is 0 Å². The van der Waals surface area contributed by atoms with Crippen molar-refractivity contribution in [2.45, 2.75) is 43.9 Å². The highest BCUT2D eigenvalue weighted by Gasteiger charge is 2.15. The van der Waals surface area contributed by atoms with Gasteiger partial charge in [-0.05, 0) is 25.5 Å². The molecule has 0 aromatic heterocycles. The molecule has 1 saturated heterocycles. The molecule has 2 unspecified atom stereocenters. The van der Waals surface area contributed by atoms with E-state index in [0.29, 0.717) is 6.42 Å². The summed E-state index contributed by atoms with van der Waals surface area (Å²) in [6.07, 6.45) is 4.49. The summed E-state index contributed by atoms with van der Waals surface area (Å²) in [7, 11) is 1.44. The number of hydrogen-bond acceptors (Lipinski definition) is 4. The second-order valence-electron chi connectivity index (χ2n) is 4.08. The van der Waals surface area contributed by atoms with Crippen LogP contribution in [-0.4, -0.2) is 36.7 Å². The largest absolute Gasteiger partial charge is 0.469 e. The smallest absolute Gasteiger partial charge is 0.307 e. The molecule has 1 aliphatic rings. The molecule has 0 amide bonds. The number of methoxy groups -OCH3 is 1. The van der Waals surface area contributed by atoms with Crippen LogP contribution in [0.4, 0.5) is 0 Å². The van der Waals surface area contributed by atoms with Crippen molar-refractivity contribution < 1.29 is 9.53 Å².